The molecule has 1 N–H and O–H groups in total. The van der Waals surface area contributed by atoms with Gasteiger partial charge in [0.15, 0.2) is 0 Å². The Morgan fingerprint density at radius 1 is 0.818 bits per heavy atom. The predicted molar refractivity (Wildman–Crippen MR) is 129 cm³/mol. The predicted octanol–water partition coefficient (Wildman–Crippen LogP) is 4.89. The van der Waals surface area contributed by atoms with Crippen LogP contribution in [0.5, 0.6) is 0 Å². The van der Waals surface area contributed by atoms with Crippen LogP contribution >= 0.6 is 0 Å². The summed E-state index contributed by atoms with van der Waals surface area (Å²) in [7, 11) is 0. The summed E-state index contributed by atoms with van der Waals surface area (Å²) >= 11 is 0. The molecule has 1 aromatic heterocycles. The second kappa shape index (κ2) is 8.90. The van der Waals surface area contributed by atoms with Gasteiger partial charge >= 0.3 is 6.03 Å². The van der Waals surface area contributed by atoms with Crippen molar-refractivity contribution in [2.24, 2.45) is 0 Å². The Morgan fingerprint density at radius 2 is 1.36 bits per heavy atom. The van der Waals surface area contributed by atoms with Crippen LogP contribution in [0.2, 0.25) is 0 Å². The number of carbonyl (C=O) groups is 3. The van der Waals surface area contributed by atoms with Gasteiger partial charge in [-0.2, -0.15) is 0 Å². The standard InChI is InChI=1S/C27H27N3O3/c1-5-19-7-11-22(12-8-19)29-17(3)15-21(18(29)4)16-24-25(31)28-27(33)30(26(24)32)23-13-9-20(6-2)10-14-23/h7-16H,5-6H2,1-4H3,(H,28,31,33). The molecular weight excluding hydrogens is 414 g/mol. The van der Waals surface area contributed by atoms with Crippen molar-refractivity contribution >= 4 is 29.6 Å². The third kappa shape index (κ3) is 4.12. The van der Waals surface area contributed by atoms with Crippen LogP contribution in [0.15, 0.2) is 60.2 Å². The highest BCUT2D eigenvalue weighted by Crippen LogP contribution is 2.26. The molecule has 3 aromatic rings. The lowest BCUT2D eigenvalue weighted by Crippen LogP contribution is -2.54. The molecule has 168 valence electrons. The summed E-state index contributed by atoms with van der Waals surface area (Å²) in [6.45, 7) is 8.08. The minimum absolute atomic E-state index is 0.0734. The number of hydrogen-bond acceptors (Lipinski definition) is 3. The Labute approximate surface area is 193 Å². The van der Waals surface area contributed by atoms with Crippen molar-refractivity contribution in [3.05, 3.63) is 88.2 Å². The van der Waals surface area contributed by atoms with Crippen molar-refractivity contribution in [2.45, 2.75) is 40.5 Å². The number of hydrogen-bond donors (Lipinski definition) is 1. The molecular formula is C27H27N3O3. The lowest BCUT2D eigenvalue weighted by molar-refractivity contribution is -0.122. The quantitative estimate of drug-likeness (QED) is 0.453. The molecule has 0 aliphatic carbocycles. The molecule has 0 saturated carbocycles. The maximum atomic E-state index is 13.2. The molecule has 0 bridgehead atoms. The minimum atomic E-state index is -0.743. The smallest absolute Gasteiger partial charge is 0.318 e. The molecule has 4 rings (SSSR count). The van der Waals surface area contributed by atoms with Gasteiger partial charge in [0, 0.05) is 17.1 Å². The number of nitrogens with zero attached hydrogens (tertiary/aromatic N) is 2. The zero-order chi connectivity index (χ0) is 23.7. The number of urea groups is 1. The molecule has 4 amide bonds. The Hall–Kier alpha value is -3.93. The summed E-state index contributed by atoms with van der Waals surface area (Å²) in [5, 5.41) is 2.29. The summed E-state index contributed by atoms with van der Waals surface area (Å²) < 4.78 is 2.09. The van der Waals surface area contributed by atoms with Gasteiger partial charge in [0.2, 0.25) is 0 Å². The minimum Gasteiger partial charge on any atom is -0.318 e. The fourth-order valence-corrected chi connectivity index (χ4v) is 4.14. The molecule has 0 radical (unpaired) electrons. The van der Waals surface area contributed by atoms with E-state index in [9.17, 15) is 14.4 Å². The first-order chi connectivity index (χ1) is 15.8. The lowest BCUT2D eigenvalue weighted by Gasteiger charge is -2.26. The van der Waals surface area contributed by atoms with Crippen LogP contribution in [0.1, 0.15) is 41.9 Å². The second-order valence-corrected chi connectivity index (χ2v) is 8.16. The van der Waals surface area contributed by atoms with Gasteiger partial charge in [-0.25, -0.2) is 9.69 Å². The van der Waals surface area contributed by atoms with Crippen molar-refractivity contribution in [3.8, 4) is 5.69 Å². The molecule has 0 atom stereocenters. The molecule has 0 spiro atoms. The lowest BCUT2D eigenvalue weighted by atomic mass is 10.1. The van der Waals surface area contributed by atoms with Crippen LogP contribution in [0, 0.1) is 13.8 Å². The van der Waals surface area contributed by atoms with Crippen LogP contribution in [-0.2, 0) is 22.4 Å². The Kier molecular flexibility index (Phi) is 6.01. The van der Waals surface area contributed by atoms with E-state index < -0.39 is 17.8 Å². The summed E-state index contributed by atoms with van der Waals surface area (Å²) in [5.74, 6) is -1.33. The van der Waals surface area contributed by atoms with Crippen molar-refractivity contribution < 1.29 is 14.4 Å². The first-order valence-corrected chi connectivity index (χ1v) is 11.1. The zero-order valence-electron chi connectivity index (χ0n) is 19.3. The van der Waals surface area contributed by atoms with Gasteiger partial charge in [0.05, 0.1) is 5.69 Å². The number of imide groups is 2. The first-order valence-electron chi connectivity index (χ1n) is 11.1. The van der Waals surface area contributed by atoms with E-state index >= 15 is 0 Å². The molecule has 1 fully saturated rings. The second-order valence-electron chi connectivity index (χ2n) is 8.16. The number of aromatic nitrogens is 1. The zero-order valence-corrected chi connectivity index (χ0v) is 19.3. The number of amides is 4. The number of aryl methyl sites for hydroxylation is 3. The largest absolute Gasteiger partial charge is 0.335 e. The summed E-state index contributed by atoms with van der Waals surface area (Å²) in [6, 6.07) is 16.7. The van der Waals surface area contributed by atoms with E-state index in [0.29, 0.717) is 5.69 Å². The molecule has 33 heavy (non-hydrogen) atoms. The first kappa shape index (κ1) is 22.3. The van der Waals surface area contributed by atoms with Gasteiger partial charge in [-0.1, -0.05) is 38.1 Å². The fraction of sp³-hybridized carbons (Fsp3) is 0.222. The van der Waals surface area contributed by atoms with Gasteiger partial charge in [0.1, 0.15) is 5.57 Å². The van der Waals surface area contributed by atoms with Gasteiger partial charge in [-0.3, -0.25) is 14.9 Å². The normalized spacial score (nSPS) is 15.3. The van der Waals surface area contributed by atoms with Gasteiger partial charge in [-0.15, -0.1) is 0 Å². The van der Waals surface area contributed by atoms with Gasteiger partial charge in [0.25, 0.3) is 11.8 Å². The number of barbiturate groups is 1. The molecule has 6 nitrogen and oxygen atoms in total. The van der Waals surface area contributed by atoms with Crippen LogP contribution in [0.3, 0.4) is 0 Å². The SMILES string of the molecule is CCc1ccc(N2C(=O)NC(=O)C(=Cc3cc(C)n(-c4ccc(CC)cc4)c3C)C2=O)cc1. The number of anilines is 1. The maximum Gasteiger partial charge on any atom is 0.335 e. The highest BCUT2D eigenvalue weighted by atomic mass is 16.2. The van der Waals surface area contributed by atoms with Crippen molar-refractivity contribution in [1.82, 2.24) is 9.88 Å². The molecule has 2 heterocycles. The van der Waals surface area contributed by atoms with Crippen molar-refractivity contribution in [2.75, 3.05) is 4.90 Å². The third-order valence-corrected chi connectivity index (χ3v) is 6.08. The third-order valence-electron chi connectivity index (χ3n) is 6.08. The number of rotatable bonds is 5. The summed E-state index contributed by atoms with van der Waals surface area (Å²) in [6.07, 6.45) is 3.38. The summed E-state index contributed by atoms with van der Waals surface area (Å²) in [5.41, 5.74) is 6.35. The highest BCUT2D eigenvalue weighted by Gasteiger charge is 2.37. The Morgan fingerprint density at radius 3 is 1.91 bits per heavy atom. The van der Waals surface area contributed by atoms with Gasteiger partial charge < -0.3 is 4.57 Å². The molecule has 0 unspecified atom stereocenters. The van der Waals surface area contributed by atoms with Crippen LogP contribution in [-0.4, -0.2) is 22.4 Å². The maximum absolute atomic E-state index is 13.2. The summed E-state index contributed by atoms with van der Waals surface area (Å²) in [4.78, 5) is 39.3. The molecule has 6 heteroatoms. The van der Waals surface area contributed by atoms with E-state index in [1.807, 2.05) is 39.0 Å². The van der Waals surface area contributed by atoms with E-state index in [1.165, 1.54) is 5.56 Å². The topological polar surface area (TPSA) is 71.4 Å². The average molecular weight is 442 g/mol. The Balaban J connectivity index is 1.72. The van der Waals surface area contributed by atoms with E-state index in [4.69, 9.17) is 0 Å². The molecule has 1 saturated heterocycles. The van der Waals surface area contributed by atoms with E-state index in [0.717, 1.165) is 45.9 Å². The number of carbonyl (C=O) groups excluding carboxylic acids is 3. The van der Waals surface area contributed by atoms with Crippen molar-refractivity contribution in [3.63, 3.8) is 0 Å². The highest BCUT2D eigenvalue weighted by molar-refractivity contribution is 6.39. The Bertz CT molecular complexity index is 1270. The van der Waals surface area contributed by atoms with E-state index in [-0.39, 0.29) is 5.57 Å². The van der Waals surface area contributed by atoms with Crippen LogP contribution in [0.4, 0.5) is 10.5 Å². The van der Waals surface area contributed by atoms with Crippen LogP contribution < -0.4 is 10.2 Å². The van der Waals surface area contributed by atoms with E-state index in [2.05, 4.69) is 41.1 Å². The molecule has 1 aliphatic rings. The number of nitrogens with one attached hydrogen (secondary N) is 1. The molecule has 2 aromatic carbocycles. The number of benzene rings is 2. The fourth-order valence-electron chi connectivity index (χ4n) is 4.14. The van der Waals surface area contributed by atoms with E-state index in [1.54, 1.807) is 18.2 Å². The van der Waals surface area contributed by atoms with Crippen molar-refractivity contribution in [1.29, 1.82) is 0 Å². The monoisotopic (exact) mass is 441 g/mol. The van der Waals surface area contributed by atoms with Crippen LogP contribution in [0.25, 0.3) is 11.8 Å². The average Bonchev–Trinajstić information content (AvgIpc) is 3.09. The van der Waals surface area contributed by atoms with Gasteiger partial charge in [-0.05, 0) is 79.8 Å². The molecule has 1 aliphatic heterocycles.